The topological polar surface area (TPSA) is 127 Å². The minimum absolute atomic E-state index is 0.00363. The van der Waals surface area contributed by atoms with Gasteiger partial charge in [0.15, 0.2) is 0 Å². The Morgan fingerprint density at radius 2 is 2.05 bits per heavy atom. The number of pyridine rings is 1. The van der Waals surface area contributed by atoms with Gasteiger partial charge in [0.2, 0.25) is 0 Å². The highest BCUT2D eigenvalue weighted by atomic mass is 16.6. The summed E-state index contributed by atoms with van der Waals surface area (Å²) in [6.45, 7) is 1.71. The summed E-state index contributed by atoms with van der Waals surface area (Å²) in [5, 5.41) is 26.1. The van der Waals surface area contributed by atoms with E-state index in [-0.39, 0.29) is 17.1 Å². The third-order valence-electron chi connectivity index (χ3n) is 2.70. The largest absolute Gasteiger partial charge is 0.872 e. The summed E-state index contributed by atoms with van der Waals surface area (Å²) in [6, 6.07) is 6.14. The van der Waals surface area contributed by atoms with Crippen molar-refractivity contribution in [3.05, 3.63) is 61.9 Å². The highest BCUT2D eigenvalue weighted by molar-refractivity contribution is 5.84. The molecule has 108 valence electrons. The summed E-state index contributed by atoms with van der Waals surface area (Å²) >= 11 is 0. The Morgan fingerprint density at radius 3 is 2.67 bits per heavy atom. The summed E-state index contributed by atoms with van der Waals surface area (Å²) < 4.78 is 0.908. The van der Waals surface area contributed by atoms with Crippen LogP contribution in [-0.2, 0) is 0 Å². The SMILES string of the molecule is Cc1cc(N)n(N=Cc2cc([N+](=O)[O-])ccc2[O-])c(=O)c1. The van der Waals surface area contributed by atoms with Crippen LogP contribution in [0.15, 0.2) is 40.2 Å². The van der Waals surface area contributed by atoms with Gasteiger partial charge in [0.1, 0.15) is 5.82 Å². The quantitative estimate of drug-likeness (QED) is 0.502. The number of hydrogen-bond donors (Lipinski definition) is 1. The van der Waals surface area contributed by atoms with Crippen LogP contribution < -0.4 is 16.4 Å². The molecule has 0 aliphatic carbocycles. The fourth-order valence-electron chi connectivity index (χ4n) is 1.71. The molecule has 2 rings (SSSR count). The van der Waals surface area contributed by atoms with Crippen LogP contribution in [0.3, 0.4) is 0 Å². The van der Waals surface area contributed by atoms with Gasteiger partial charge in [-0.15, -0.1) is 0 Å². The first-order valence-corrected chi connectivity index (χ1v) is 5.87. The number of benzene rings is 1. The summed E-state index contributed by atoms with van der Waals surface area (Å²) in [5.74, 6) is -0.336. The zero-order valence-electron chi connectivity index (χ0n) is 11.0. The van der Waals surface area contributed by atoms with Gasteiger partial charge in [-0.3, -0.25) is 14.9 Å². The van der Waals surface area contributed by atoms with E-state index in [0.29, 0.717) is 5.56 Å². The van der Waals surface area contributed by atoms with Gasteiger partial charge in [0.25, 0.3) is 11.2 Å². The Morgan fingerprint density at radius 1 is 1.33 bits per heavy atom. The van der Waals surface area contributed by atoms with Gasteiger partial charge in [-0.05, 0) is 24.1 Å². The molecule has 0 spiro atoms. The highest BCUT2D eigenvalue weighted by Crippen LogP contribution is 2.19. The normalized spacial score (nSPS) is 10.9. The number of rotatable bonds is 3. The number of aromatic nitrogens is 1. The molecule has 0 amide bonds. The number of anilines is 1. The van der Waals surface area contributed by atoms with Crippen LogP contribution in [0.4, 0.5) is 11.5 Å². The van der Waals surface area contributed by atoms with Crippen LogP contribution >= 0.6 is 0 Å². The van der Waals surface area contributed by atoms with Gasteiger partial charge < -0.3 is 10.8 Å². The van der Waals surface area contributed by atoms with E-state index in [1.54, 1.807) is 13.0 Å². The standard InChI is InChI=1S/C13H12N4O4/c1-8-4-12(14)16(13(19)5-8)15-7-9-6-10(17(20)21)2-3-11(9)18/h2-7,18H,14H2,1H3/p-1. The van der Waals surface area contributed by atoms with Gasteiger partial charge >= 0.3 is 0 Å². The second-order valence-corrected chi connectivity index (χ2v) is 4.33. The molecule has 8 heteroatoms. The van der Waals surface area contributed by atoms with E-state index in [4.69, 9.17) is 5.73 Å². The zero-order valence-corrected chi connectivity index (χ0v) is 11.0. The first-order chi connectivity index (χ1) is 9.88. The minimum atomic E-state index is -0.622. The molecule has 0 bridgehead atoms. The third-order valence-corrected chi connectivity index (χ3v) is 2.70. The maximum atomic E-state index is 11.7. The lowest BCUT2D eigenvalue weighted by Crippen LogP contribution is -2.19. The fourth-order valence-corrected chi connectivity index (χ4v) is 1.71. The molecule has 1 heterocycles. The number of aryl methyl sites for hydroxylation is 1. The van der Waals surface area contributed by atoms with Crippen LogP contribution in [0.1, 0.15) is 11.1 Å². The number of nitrogens with zero attached hydrogens (tertiary/aromatic N) is 3. The molecule has 2 N–H and O–H groups in total. The number of nitrogen functional groups attached to an aromatic ring is 1. The van der Waals surface area contributed by atoms with Crippen molar-refractivity contribution >= 4 is 17.7 Å². The summed E-state index contributed by atoms with van der Waals surface area (Å²) in [4.78, 5) is 21.8. The Kier molecular flexibility index (Phi) is 3.70. The van der Waals surface area contributed by atoms with E-state index < -0.39 is 16.2 Å². The maximum absolute atomic E-state index is 11.7. The Labute approximate surface area is 118 Å². The molecule has 0 unspecified atom stereocenters. The molecule has 8 nitrogen and oxygen atoms in total. The van der Waals surface area contributed by atoms with Gasteiger partial charge in [0, 0.05) is 18.2 Å². The molecule has 2 aromatic rings. The molecule has 0 atom stereocenters. The van der Waals surface area contributed by atoms with Gasteiger partial charge in [-0.1, -0.05) is 11.8 Å². The van der Waals surface area contributed by atoms with Crippen molar-refractivity contribution in [1.82, 2.24) is 4.68 Å². The number of hydrogen-bond acceptors (Lipinski definition) is 6. The van der Waals surface area contributed by atoms with E-state index in [1.165, 1.54) is 6.07 Å². The lowest BCUT2D eigenvalue weighted by Gasteiger charge is -2.09. The molecule has 1 aromatic heterocycles. The van der Waals surface area contributed by atoms with E-state index in [1.807, 2.05) is 0 Å². The minimum Gasteiger partial charge on any atom is -0.872 e. The lowest BCUT2D eigenvalue weighted by molar-refractivity contribution is -0.385. The maximum Gasteiger partial charge on any atom is 0.273 e. The smallest absolute Gasteiger partial charge is 0.273 e. The van der Waals surface area contributed by atoms with E-state index >= 15 is 0 Å². The summed E-state index contributed by atoms with van der Waals surface area (Å²) in [7, 11) is 0. The second-order valence-electron chi connectivity index (χ2n) is 4.33. The summed E-state index contributed by atoms with van der Waals surface area (Å²) in [5.41, 5.74) is 5.65. The van der Waals surface area contributed by atoms with E-state index in [9.17, 15) is 20.0 Å². The van der Waals surface area contributed by atoms with Gasteiger partial charge in [-0.2, -0.15) is 9.78 Å². The van der Waals surface area contributed by atoms with Crippen LogP contribution in [-0.4, -0.2) is 15.8 Å². The number of nitrogens with two attached hydrogens (primary N) is 1. The van der Waals surface area contributed by atoms with Gasteiger partial charge in [-0.25, -0.2) is 0 Å². The molecule has 1 aromatic carbocycles. The van der Waals surface area contributed by atoms with Crippen molar-refractivity contribution in [2.24, 2.45) is 5.10 Å². The number of nitro benzene ring substituents is 1. The van der Waals surface area contributed by atoms with Crippen LogP contribution in [0.2, 0.25) is 0 Å². The Hall–Kier alpha value is -3.16. The monoisotopic (exact) mass is 287 g/mol. The van der Waals surface area contributed by atoms with Crippen molar-refractivity contribution in [1.29, 1.82) is 0 Å². The van der Waals surface area contributed by atoms with Crippen molar-refractivity contribution in [2.75, 3.05) is 5.73 Å². The zero-order chi connectivity index (χ0) is 15.6. The van der Waals surface area contributed by atoms with Gasteiger partial charge in [0.05, 0.1) is 11.1 Å². The van der Waals surface area contributed by atoms with Crippen LogP contribution in [0, 0.1) is 17.0 Å². The molecule has 0 aliphatic rings. The molecule has 0 radical (unpaired) electrons. The number of non-ortho nitro benzene ring substituents is 1. The van der Waals surface area contributed by atoms with Crippen LogP contribution in [0.5, 0.6) is 5.75 Å². The molecule has 0 aliphatic heterocycles. The van der Waals surface area contributed by atoms with E-state index in [0.717, 1.165) is 29.1 Å². The predicted molar refractivity (Wildman–Crippen MR) is 75.4 cm³/mol. The van der Waals surface area contributed by atoms with Crippen molar-refractivity contribution in [2.45, 2.75) is 6.92 Å². The fraction of sp³-hybridized carbons (Fsp3) is 0.0769. The molecular weight excluding hydrogens is 276 g/mol. The van der Waals surface area contributed by atoms with E-state index in [2.05, 4.69) is 5.10 Å². The lowest BCUT2D eigenvalue weighted by atomic mass is 10.2. The predicted octanol–water partition coefficient (Wildman–Crippen LogP) is 0.603. The first-order valence-electron chi connectivity index (χ1n) is 5.87. The average Bonchev–Trinajstić information content (AvgIpc) is 2.39. The molecular formula is C13H11N4O4-. The van der Waals surface area contributed by atoms with Crippen molar-refractivity contribution in [3.63, 3.8) is 0 Å². The molecule has 0 saturated carbocycles. The first kappa shape index (κ1) is 14.3. The van der Waals surface area contributed by atoms with Crippen molar-refractivity contribution in [3.8, 4) is 5.75 Å². The highest BCUT2D eigenvalue weighted by Gasteiger charge is 2.06. The summed E-state index contributed by atoms with van der Waals surface area (Å²) in [6.07, 6.45) is 1.07. The molecule has 21 heavy (non-hydrogen) atoms. The molecule has 0 fully saturated rings. The third kappa shape index (κ3) is 3.06. The number of nitro groups is 1. The molecule has 0 saturated heterocycles. The Balaban J connectivity index is 2.45. The Bertz CT molecular complexity index is 795. The second kappa shape index (κ2) is 5.45. The van der Waals surface area contributed by atoms with Crippen LogP contribution in [0.25, 0.3) is 0 Å². The average molecular weight is 287 g/mol. The van der Waals surface area contributed by atoms with Crippen molar-refractivity contribution < 1.29 is 10.0 Å².